The first kappa shape index (κ1) is 9.94. The first-order valence-corrected chi connectivity index (χ1v) is 3.93. The van der Waals surface area contributed by atoms with Gasteiger partial charge >= 0.3 is 12.5 Å². The molecule has 68 valence electrons. The maximum Gasteiger partial charge on any atom is 0.316 e. The standard InChI is InChI=1S/C9H6ClF2N/c1-13-8(9(11)12)6-3-2-4-7(10)5-6/h2-5,8-9H. The molecule has 1 atom stereocenters. The van der Waals surface area contributed by atoms with Gasteiger partial charge in [0.15, 0.2) is 0 Å². The maximum absolute atomic E-state index is 12.3. The summed E-state index contributed by atoms with van der Waals surface area (Å²) in [7, 11) is 0. The van der Waals surface area contributed by atoms with Gasteiger partial charge in [-0.1, -0.05) is 23.7 Å². The number of alkyl halides is 2. The SMILES string of the molecule is [C-]#[N+]C(c1cccc(Cl)c1)C(F)F. The van der Waals surface area contributed by atoms with E-state index < -0.39 is 12.5 Å². The van der Waals surface area contributed by atoms with E-state index in [9.17, 15) is 8.78 Å². The van der Waals surface area contributed by atoms with Crippen molar-refractivity contribution in [3.05, 3.63) is 46.3 Å². The molecule has 0 fully saturated rings. The molecule has 0 aliphatic rings. The highest BCUT2D eigenvalue weighted by Gasteiger charge is 2.27. The Balaban J connectivity index is 3.00. The van der Waals surface area contributed by atoms with Gasteiger partial charge in [0.05, 0.1) is 0 Å². The van der Waals surface area contributed by atoms with Crippen LogP contribution in [0.5, 0.6) is 0 Å². The van der Waals surface area contributed by atoms with Crippen molar-refractivity contribution in [2.24, 2.45) is 0 Å². The van der Waals surface area contributed by atoms with Gasteiger partial charge in [0.2, 0.25) is 0 Å². The Kier molecular flexibility index (Phi) is 3.21. The van der Waals surface area contributed by atoms with E-state index in [4.69, 9.17) is 18.2 Å². The molecule has 1 aromatic rings. The van der Waals surface area contributed by atoms with E-state index in [1.807, 2.05) is 0 Å². The predicted molar refractivity (Wildman–Crippen MR) is 46.8 cm³/mol. The Bertz CT molecular complexity index is 333. The summed E-state index contributed by atoms with van der Waals surface area (Å²) in [6.45, 7) is 6.60. The van der Waals surface area contributed by atoms with Gasteiger partial charge in [-0.25, -0.2) is 15.4 Å². The van der Waals surface area contributed by atoms with E-state index >= 15 is 0 Å². The van der Waals surface area contributed by atoms with E-state index in [0.29, 0.717) is 5.02 Å². The van der Waals surface area contributed by atoms with Crippen LogP contribution in [0.15, 0.2) is 24.3 Å². The Morgan fingerprint density at radius 3 is 2.54 bits per heavy atom. The molecular formula is C9H6ClF2N. The summed E-state index contributed by atoms with van der Waals surface area (Å²) in [6, 6.07) is 4.59. The number of rotatable bonds is 2. The molecule has 0 amide bonds. The second kappa shape index (κ2) is 4.20. The van der Waals surface area contributed by atoms with Crippen LogP contribution in [0, 0.1) is 6.57 Å². The lowest BCUT2D eigenvalue weighted by molar-refractivity contribution is 0.130. The summed E-state index contributed by atoms with van der Waals surface area (Å²) in [5.74, 6) is 0. The van der Waals surface area contributed by atoms with Crippen molar-refractivity contribution in [3.63, 3.8) is 0 Å². The largest absolute Gasteiger partial charge is 0.316 e. The Morgan fingerprint density at radius 2 is 2.08 bits per heavy atom. The van der Waals surface area contributed by atoms with Gasteiger partial charge < -0.3 is 4.85 Å². The van der Waals surface area contributed by atoms with E-state index in [0.717, 1.165) is 0 Å². The Hall–Kier alpha value is -1.14. The molecule has 1 unspecified atom stereocenters. The average molecular weight is 202 g/mol. The van der Waals surface area contributed by atoms with Gasteiger partial charge in [-0.3, -0.25) is 0 Å². The van der Waals surface area contributed by atoms with Crippen molar-refractivity contribution in [2.45, 2.75) is 12.5 Å². The predicted octanol–water partition coefficient (Wildman–Crippen LogP) is 3.57. The monoisotopic (exact) mass is 201 g/mol. The molecule has 0 saturated heterocycles. The summed E-state index contributed by atoms with van der Waals surface area (Å²) in [5, 5.41) is 0.367. The van der Waals surface area contributed by atoms with Crippen LogP contribution in [-0.2, 0) is 0 Å². The lowest BCUT2D eigenvalue weighted by atomic mass is 10.1. The second-order valence-electron chi connectivity index (χ2n) is 2.46. The quantitative estimate of drug-likeness (QED) is 0.645. The minimum atomic E-state index is -2.67. The molecule has 1 aromatic carbocycles. The molecule has 1 nitrogen and oxygen atoms in total. The van der Waals surface area contributed by atoms with Gasteiger partial charge in [-0.05, 0) is 12.1 Å². The van der Waals surface area contributed by atoms with Crippen LogP contribution in [0.1, 0.15) is 11.6 Å². The molecule has 0 bridgehead atoms. The summed E-state index contributed by atoms with van der Waals surface area (Å²) < 4.78 is 24.5. The highest BCUT2D eigenvalue weighted by atomic mass is 35.5. The molecule has 1 rings (SSSR count). The first-order chi connectivity index (χ1) is 6.15. The zero-order valence-corrected chi connectivity index (χ0v) is 7.30. The summed E-state index contributed by atoms with van der Waals surface area (Å²) in [6.07, 6.45) is -2.67. The normalized spacial score (nSPS) is 12.5. The molecule has 0 radical (unpaired) electrons. The van der Waals surface area contributed by atoms with Crippen molar-refractivity contribution >= 4 is 11.6 Å². The van der Waals surface area contributed by atoms with Crippen LogP contribution < -0.4 is 0 Å². The van der Waals surface area contributed by atoms with Crippen LogP contribution in [-0.4, -0.2) is 6.43 Å². The van der Waals surface area contributed by atoms with E-state index in [-0.39, 0.29) is 5.56 Å². The lowest BCUT2D eigenvalue weighted by Gasteiger charge is -2.03. The fraction of sp³-hybridized carbons (Fsp3) is 0.222. The number of halogens is 3. The first-order valence-electron chi connectivity index (χ1n) is 3.55. The van der Waals surface area contributed by atoms with E-state index in [2.05, 4.69) is 4.85 Å². The van der Waals surface area contributed by atoms with Crippen LogP contribution in [0.25, 0.3) is 4.85 Å². The molecular weight excluding hydrogens is 196 g/mol. The molecule has 0 saturated carbocycles. The van der Waals surface area contributed by atoms with Crippen molar-refractivity contribution < 1.29 is 8.78 Å². The number of hydrogen-bond donors (Lipinski definition) is 0. The smallest absolute Gasteiger partial charge is 0.302 e. The molecule has 0 N–H and O–H groups in total. The topological polar surface area (TPSA) is 4.36 Å². The Labute approximate surface area is 79.8 Å². The molecule has 0 aliphatic heterocycles. The minimum Gasteiger partial charge on any atom is -0.302 e. The summed E-state index contributed by atoms with van der Waals surface area (Å²) >= 11 is 5.60. The maximum atomic E-state index is 12.3. The van der Waals surface area contributed by atoms with Crippen LogP contribution >= 0.6 is 11.6 Å². The van der Waals surface area contributed by atoms with Gasteiger partial charge in [0.1, 0.15) is 0 Å². The van der Waals surface area contributed by atoms with Crippen molar-refractivity contribution in [1.82, 2.24) is 0 Å². The Morgan fingerprint density at radius 1 is 1.38 bits per heavy atom. The third kappa shape index (κ3) is 2.40. The zero-order chi connectivity index (χ0) is 9.84. The fourth-order valence-electron chi connectivity index (χ4n) is 0.967. The summed E-state index contributed by atoms with van der Waals surface area (Å²) in [4.78, 5) is 2.84. The lowest BCUT2D eigenvalue weighted by Crippen LogP contribution is -2.04. The molecule has 0 aromatic heterocycles. The third-order valence-corrected chi connectivity index (χ3v) is 1.80. The molecule has 4 heteroatoms. The van der Waals surface area contributed by atoms with Gasteiger partial charge in [0, 0.05) is 10.6 Å². The zero-order valence-electron chi connectivity index (χ0n) is 6.55. The highest BCUT2D eigenvalue weighted by molar-refractivity contribution is 6.30. The van der Waals surface area contributed by atoms with Crippen molar-refractivity contribution in [3.8, 4) is 0 Å². The molecule has 0 aliphatic carbocycles. The van der Waals surface area contributed by atoms with Crippen LogP contribution in [0.4, 0.5) is 8.78 Å². The third-order valence-electron chi connectivity index (χ3n) is 1.57. The molecule has 0 heterocycles. The van der Waals surface area contributed by atoms with Crippen LogP contribution in [0.3, 0.4) is 0 Å². The second-order valence-corrected chi connectivity index (χ2v) is 2.90. The molecule has 13 heavy (non-hydrogen) atoms. The van der Waals surface area contributed by atoms with Gasteiger partial charge in [-0.2, -0.15) is 0 Å². The number of nitrogens with zero attached hydrogens (tertiary/aromatic N) is 1. The highest BCUT2D eigenvalue weighted by Crippen LogP contribution is 2.26. The van der Waals surface area contributed by atoms with Crippen LogP contribution in [0.2, 0.25) is 5.02 Å². The van der Waals surface area contributed by atoms with Crippen molar-refractivity contribution in [1.29, 1.82) is 0 Å². The number of benzene rings is 1. The minimum absolute atomic E-state index is 0.262. The summed E-state index contributed by atoms with van der Waals surface area (Å²) in [5.41, 5.74) is 0.262. The van der Waals surface area contributed by atoms with E-state index in [1.165, 1.54) is 12.1 Å². The van der Waals surface area contributed by atoms with Gasteiger partial charge in [-0.15, -0.1) is 0 Å². The molecule has 0 spiro atoms. The van der Waals surface area contributed by atoms with Gasteiger partial charge in [0.25, 0.3) is 0 Å². The number of hydrogen-bond acceptors (Lipinski definition) is 0. The average Bonchev–Trinajstić information content (AvgIpc) is 2.04. The van der Waals surface area contributed by atoms with E-state index in [1.54, 1.807) is 12.1 Å². The fourth-order valence-corrected chi connectivity index (χ4v) is 1.17. The van der Waals surface area contributed by atoms with Crippen molar-refractivity contribution in [2.75, 3.05) is 0 Å².